The first-order valence-corrected chi connectivity index (χ1v) is 8.26. The van der Waals surface area contributed by atoms with Gasteiger partial charge in [0.05, 0.1) is 0 Å². The number of rotatable bonds is 4. The summed E-state index contributed by atoms with van der Waals surface area (Å²) in [5, 5.41) is 0.602. The molecule has 1 saturated heterocycles. The van der Waals surface area contributed by atoms with Crippen molar-refractivity contribution in [2.45, 2.75) is 13.5 Å². The quantitative estimate of drug-likeness (QED) is 0.862. The molecule has 0 aliphatic carbocycles. The Morgan fingerprint density at radius 3 is 2.65 bits per heavy atom. The fraction of sp³-hybridized carbons (Fsp3) is 0.412. The number of aromatic nitrogens is 2. The van der Waals surface area contributed by atoms with Gasteiger partial charge in [-0.15, -0.1) is 0 Å². The Balaban J connectivity index is 1.50. The van der Waals surface area contributed by atoms with Crippen LogP contribution in [0.2, 0.25) is 5.02 Å². The Bertz CT molecular complexity index is 677. The molecule has 2 aromatic rings. The molecule has 3 rings (SSSR count). The van der Waals surface area contributed by atoms with Gasteiger partial charge in [0, 0.05) is 62.2 Å². The molecule has 2 heterocycles. The fourth-order valence-corrected chi connectivity index (χ4v) is 3.06. The zero-order valence-electron chi connectivity index (χ0n) is 13.3. The maximum Gasteiger partial charge on any atom is 0.253 e. The monoisotopic (exact) mass is 332 g/mol. The number of hydrogen-bond donors (Lipinski definition) is 0. The van der Waals surface area contributed by atoms with Crippen molar-refractivity contribution in [2.24, 2.45) is 0 Å². The minimum atomic E-state index is 0.0672. The molecule has 0 radical (unpaired) electrons. The van der Waals surface area contributed by atoms with E-state index >= 15 is 0 Å². The minimum Gasteiger partial charge on any atom is -0.336 e. The van der Waals surface area contributed by atoms with E-state index in [0.717, 1.165) is 45.1 Å². The van der Waals surface area contributed by atoms with Crippen molar-refractivity contribution in [1.29, 1.82) is 0 Å². The molecule has 0 bridgehead atoms. The zero-order chi connectivity index (χ0) is 16.2. The van der Waals surface area contributed by atoms with Gasteiger partial charge in [0.25, 0.3) is 5.91 Å². The van der Waals surface area contributed by atoms with E-state index in [4.69, 9.17) is 11.6 Å². The maximum atomic E-state index is 12.5. The van der Waals surface area contributed by atoms with Gasteiger partial charge in [0.15, 0.2) is 0 Å². The molecular weight excluding hydrogens is 312 g/mol. The summed E-state index contributed by atoms with van der Waals surface area (Å²) in [6, 6.07) is 7.16. The summed E-state index contributed by atoms with van der Waals surface area (Å²) in [6.45, 7) is 7.26. The Kier molecular flexibility index (Phi) is 4.98. The number of imidazole rings is 1. The second-order valence-corrected chi connectivity index (χ2v) is 6.25. The van der Waals surface area contributed by atoms with Crippen LogP contribution in [0.4, 0.5) is 0 Å². The number of halogens is 1. The highest BCUT2D eigenvalue weighted by Crippen LogP contribution is 2.14. The highest BCUT2D eigenvalue weighted by molar-refractivity contribution is 6.30. The third-order valence-corrected chi connectivity index (χ3v) is 4.55. The maximum absolute atomic E-state index is 12.5. The molecule has 1 fully saturated rings. The van der Waals surface area contributed by atoms with Crippen LogP contribution in [0, 0.1) is 6.92 Å². The van der Waals surface area contributed by atoms with E-state index in [9.17, 15) is 4.79 Å². The first-order chi connectivity index (χ1) is 11.1. The average molecular weight is 333 g/mol. The number of carbonyl (C=O) groups is 1. The summed E-state index contributed by atoms with van der Waals surface area (Å²) >= 11 is 5.97. The molecular formula is C17H21ClN4O. The van der Waals surface area contributed by atoms with Crippen molar-refractivity contribution in [3.8, 4) is 0 Å². The fourth-order valence-electron chi connectivity index (χ4n) is 2.87. The highest BCUT2D eigenvalue weighted by Gasteiger charge is 2.22. The number of benzene rings is 1. The standard InChI is InChI=1S/C17H21ClN4O/c1-14-19-5-6-21(14)10-7-20-8-11-22(12-9-20)17(23)15-3-2-4-16(18)13-15/h2-6,13H,7-12H2,1H3. The summed E-state index contributed by atoms with van der Waals surface area (Å²) < 4.78 is 2.16. The van der Waals surface area contributed by atoms with Gasteiger partial charge in [-0.1, -0.05) is 17.7 Å². The Hall–Kier alpha value is -1.85. The zero-order valence-corrected chi connectivity index (χ0v) is 14.0. The number of nitrogens with zero attached hydrogens (tertiary/aromatic N) is 4. The van der Waals surface area contributed by atoms with Gasteiger partial charge >= 0.3 is 0 Å². The molecule has 0 atom stereocenters. The lowest BCUT2D eigenvalue weighted by molar-refractivity contribution is 0.0633. The summed E-state index contributed by atoms with van der Waals surface area (Å²) in [5.41, 5.74) is 0.667. The van der Waals surface area contributed by atoms with E-state index in [2.05, 4.69) is 14.5 Å². The van der Waals surface area contributed by atoms with E-state index in [0.29, 0.717) is 10.6 Å². The molecule has 6 heteroatoms. The molecule has 0 spiro atoms. The number of hydrogen-bond acceptors (Lipinski definition) is 3. The van der Waals surface area contributed by atoms with E-state index in [1.807, 2.05) is 36.4 Å². The molecule has 0 unspecified atom stereocenters. The van der Waals surface area contributed by atoms with Crippen molar-refractivity contribution in [2.75, 3.05) is 32.7 Å². The summed E-state index contributed by atoms with van der Waals surface area (Å²) in [6.07, 6.45) is 3.84. The second kappa shape index (κ2) is 7.15. The predicted molar refractivity (Wildman–Crippen MR) is 90.8 cm³/mol. The molecule has 0 saturated carbocycles. The van der Waals surface area contributed by atoms with Crippen LogP contribution in [0.5, 0.6) is 0 Å². The number of piperazine rings is 1. The molecule has 5 nitrogen and oxygen atoms in total. The first kappa shape index (κ1) is 16.0. The predicted octanol–water partition coefficient (Wildman–Crippen LogP) is 2.30. The number of amides is 1. The first-order valence-electron chi connectivity index (χ1n) is 7.88. The van der Waals surface area contributed by atoms with Gasteiger partial charge in [-0.3, -0.25) is 9.69 Å². The Morgan fingerprint density at radius 1 is 1.22 bits per heavy atom. The van der Waals surface area contributed by atoms with E-state index in [-0.39, 0.29) is 5.91 Å². The molecule has 1 aromatic carbocycles. The third kappa shape index (κ3) is 3.92. The molecule has 1 aromatic heterocycles. The summed E-state index contributed by atoms with van der Waals surface area (Å²) in [5.74, 6) is 1.11. The van der Waals surface area contributed by atoms with Crippen molar-refractivity contribution in [1.82, 2.24) is 19.4 Å². The second-order valence-electron chi connectivity index (χ2n) is 5.81. The van der Waals surface area contributed by atoms with E-state index in [1.165, 1.54) is 0 Å². The van der Waals surface area contributed by atoms with Crippen molar-refractivity contribution in [3.63, 3.8) is 0 Å². The molecule has 1 aliphatic rings. The largest absolute Gasteiger partial charge is 0.336 e. The van der Waals surface area contributed by atoms with Crippen LogP contribution in [0.25, 0.3) is 0 Å². The van der Waals surface area contributed by atoms with Crippen molar-refractivity contribution < 1.29 is 4.79 Å². The lowest BCUT2D eigenvalue weighted by Crippen LogP contribution is -2.49. The Morgan fingerprint density at radius 2 is 2.00 bits per heavy atom. The minimum absolute atomic E-state index is 0.0672. The smallest absolute Gasteiger partial charge is 0.253 e. The molecule has 122 valence electrons. The van der Waals surface area contributed by atoms with Crippen LogP contribution in [0.15, 0.2) is 36.7 Å². The van der Waals surface area contributed by atoms with Gasteiger partial charge in [-0.05, 0) is 25.1 Å². The van der Waals surface area contributed by atoms with Gasteiger partial charge in [-0.25, -0.2) is 4.98 Å². The van der Waals surface area contributed by atoms with Gasteiger partial charge in [0.2, 0.25) is 0 Å². The lowest BCUT2D eigenvalue weighted by atomic mass is 10.2. The number of aryl methyl sites for hydroxylation is 1. The molecule has 1 amide bonds. The van der Waals surface area contributed by atoms with E-state index < -0.39 is 0 Å². The van der Waals surface area contributed by atoms with Crippen LogP contribution in [0.3, 0.4) is 0 Å². The third-order valence-electron chi connectivity index (χ3n) is 4.31. The van der Waals surface area contributed by atoms with E-state index in [1.54, 1.807) is 12.1 Å². The molecule has 0 N–H and O–H groups in total. The van der Waals surface area contributed by atoms with Gasteiger partial charge < -0.3 is 9.47 Å². The van der Waals surface area contributed by atoms with Crippen LogP contribution in [0.1, 0.15) is 16.2 Å². The lowest BCUT2D eigenvalue weighted by Gasteiger charge is -2.34. The SMILES string of the molecule is Cc1nccn1CCN1CCN(C(=O)c2cccc(Cl)c2)CC1. The van der Waals surface area contributed by atoms with Crippen LogP contribution < -0.4 is 0 Å². The van der Waals surface area contributed by atoms with Crippen molar-refractivity contribution >= 4 is 17.5 Å². The highest BCUT2D eigenvalue weighted by atomic mass is 35.5. The number of carbonyl (C=O) groups excluding carboxylic acids is 1. The average Bonchev–Trinajstić information content (AvgIpc) is 2.98. The summed E-state index contributed by atoms with van der Waals surface area (Å²) in [7, 11) is 0. The normalized spacial score (nSPS) is 15.8. The molecule has 1 aliphatic heterocycles. The van der Waals surface area contributed by atoms with Gasteiger partial charge in [-0.2, -0.15) is 0 Å². The Labute approximate surface area is 141 Å². The van der Waals surface area contributed by atoms with Crippen molar-refractivity contribution in [3.05, 3.63) is 53.1 Å². The summed E-state index contributed by atoms with van der Waals surface area (Å²) in [4.78, 5) is 21.0. The van der Waals surface area contributed by atoms with Crippen LogP contribution in [-0.2, 0) is 6.54 Å². The van der Waals surface area contributed by atoms with Crippen LogP contribution >= 0.6 is 11.6 Å². The van der Waals surface area contributed by atoms with Gasteiger partial charge in [0.1, 0.15) is 5.82 Å². The topological polar surface area (TPSA) is 41.4 Å². The van der Waals surface area contributed by atoms with Crippen LogP contribution in [-0.4, -0.2) is 58.0 Å². The molecule has 23 heavy (non-hydrogen) atoms.